The normalized spacial score (nSPS) is 12.1. The Labute approximate surface area is 134 Å². The lowest BCUT2D eigenvalue weighted by atomic mass is 10.2. The van der Waals surface area contributed by atoms with Gasteiger partial charge in [-0.15, -0.1) is 0 Å². The van der Waals surface area contributed by atoms with Gasteiger partial charge in [0.05, 0.1) is 5.69 Å². The number of azo groups is 1. The Morgan fingerprint density at radius 1 is 1.13 bits per heavy atom. The van der Waals surface area contributed by atoms with Gasteiger partial charge in [0.1, 0.15) is 5.69 Å². The van der Waals surface area contributed by atoms with E-state index >= 15 is 0 Å². The van der Waals surface area contributed by atoms with Gasteiger partial charge in [-0.1, -0.05) is 24.3 Å². The van der Waals surface area contributed by atoms with Crippen molar-refractivity contribution in [3.05, 3.63) is 54.1 Å². The van der Waals surface area contributed by atoms with Gasteiger partial charge in [0.15, 0.2) is 5.78 Å². The van der Waals surface area contributed by atoms with Crippen molar-refractivity contribution in [3.63, 3.8) is 0 Å². The maximum absolute atomic E-state index is 12.2. The fraction of sp³-hybridized carbons (Fsp3) is 0.176. The number of benzene rings is 2. The number of hydrogen-bond acceptors (Lipinski definition) is 5. The van der Waals surface area contributed by atoms with Crippen LogP contribution < -0.4 is 11.1 Å². The Morgan fingerprint density at radius 3 is 2.43 bits per heavy atom. The van der Waals surface area contributed by atoms with E-state index < -0.39 is 17.7 Å². The van der Waals surface area contributed by atoms with Crippen molar-refractivity contribution in [3.8, 4) is 0 Å². The Bertz CT molecular complexity index is 742. The zero-order valence-electron chi connectivity index (χ0n) is 13.0. The van der Waals surface area contributed by atoms with Crippen LogP contribution in [0.15, 0.2) is 58.8 Å². The Morgan fingerprint density at radius 2 is 1.83 bits per heavy atom. The summed E-state index contributed by atoms with van der Waals surface area (Å²) < 4.78 is 0. The molecule has 0 saturated carbocycles. The summed E-state index contributed by atoms with van der Waals surface area (Å²) in [6, 6.07) is 12.9. The molecule has 6 nitrogen and oxygen atoms in total. The standard InChI is InChI=1S/C17H18N4O2/c1-11-8-9-15(14(18)10-11)20-21-16(12(2)22)17(23)19-13-6-4-3-5-7-13/h3-10,16H,18H2,1-2H3,(H,19,23). The van der Waals surface area contributed by atoms with Gasteiger partial charge < -0.3 is 11.1 Å². The number of amides is 1. The summed E-state index contributed by atoms with van der Waals surface area (Å²) in [4.78, 5) is 23.9. The fourth-order valence-electron chi connectivity index (χ4n) is 1.94. The van der Waals surface area contributed by atoms with Crippen molar-refractivity contribution in [2.24, 2.45) is 10.2 Å². The molecule has 6 heteroatoms. The maximum atomic E-state index is 12.2. The van der Waals surface area contributed by atoms with E-state index in [1.807, 2.05) is 19.1 Å². The second kappa shape index (κ2) is 7.31. The molecule has 2 aromatic rings. The summed E-state index contributed by atoms with van der Waals surface area (Å²) in [5, 5.41) is 10.5. The Balaban J connectivity index is 2.16. The highest BCUT2D eigenvalue weighted by Gasteiger charge is 2.23. The summed E-state index contributed by atoms with van der Waals surface area (Å²) >= 11 is 0. The summed E-state index contributed by atoms with van der Waals surface area (Å²) in [5.41, 5.74) is 8.30. The van der Waals surface area contributed by atoms with Crippen molar-refractivity contribution in [1.29, 1.82) is 0 Å². The molecular formula is C17H18N4O2. The van der Waals surface area contributed by atoms with Gasteiger partial charge in [-0.05, 0) is 43.7 Å². The van der Waals surface area contributed by atoms with E-state index in [1.165, 1.54) is 6.92 Å². The molecule has 118 valence electrons. The number of Topliss-reactive ketones (excluding diaryl/α,β-unsaturated/α-hetero) is 1. The molecule has 2 rings (SSSR count). The lowest BCUT2D eigenvalue weighted by Crippen LogP contribution is -2.31. The molecule has 0 saturated heterocycles. The first-order valence-electron chi connectivity index (χ1n) is 7.10. The van der Waals surface area contributed by atoms with Crippen LogP contribution in [0.1, 0.15) is 12.5 Å². The van der Waals surface area contributed by atoms with Crippen LogP contribution >= 0.6 is 0 Å². The first-order chi connectivity index (χ1) is 11.0. The van der Waals surface area contributed by atoms with E-state index in [2.05, 4.69) is 15.5 Å². The lowest BCUT2D eigenvalue weighted by molar-refractivity contribution is -0.126. The number of para-hydroxylation sites is 1. The van der Waals surface area contributed by atoms with E-state index in [9.17, 15) is 9.59 Å². The quantitative estimate of drug-likeness (QED) is 0.504. The van der Waals surface area contributed by atoms with E-state index in [1.54, 1.807) is 36.4 Å². The number of nitrogens with two attached hydrogens (primary N) is 1. The van der Waals surface area contributed by atoms with Gasteiger partial charge in [-0.3, -0.25) is 9.59 Å². The molecule has 1 unspecified atom stereocenters. The average Bonchev–Trinajstić information content (AvgIpc) is 2.50. The zero-order chi connectivity index (χ0) is 16.8. The van der Waals surface area contributed by atoms with Crippen LogP contribution in [0.5, 0.6) is 0 Å². The predicted octanol–water partition coefficient (Wildman–Crippen LogP) is 3.26. The molecule has 0 fully saturated rings. The number of carbonyl (C=O) groups is 2. The number of nitrogens with one attached hydrogen (secondary N) is 1. The van der Waals surface area contributed by atoms with Gasteiger partial charge in [0, 0.05) is 5.69 Å². The SMILES string of the molecule is CC(=O)C(N=Nc1ccc(C)cc1N)C(=O)Nc1ccccc1. The molecule has 0 radical (unpaired) electrons. The summed E-state index contributed by atoms with van der Waals surface area (Å²) in [6.07, 6.45) is 0. The van der Waals surface area contributed by atoms with Crippen LogP contribution in [0.2, 0.25) is 0 Å². The molecule has 23 heavy (non-hydrogen) atoms. The van der Waals surface area contributed by atoms with Crippen LogP contribution in [0, 0.1) is 6.92 Å². The highest BCUT2D eigenvalue weighted by Crippen LogP contribution is 2.23. The Kier molecular flexibility index (Phi) is 5.19. The highest BCUT2D eigenvalue weighted by atomic mass is 16.2. The van der Waals surface area contributed by atoms with Crippen LogP contribution in [-0.2, 0) is 9.59 Å². The van der Waals surface area contributed by atoms with Crippen molar-refractivity contribution in [1.82, 2.24) is 0 Å². The number of ketones is 1. The molecule has 1 atom stereocenters. The van der Waals surface area contributed by atoms with Crippen molar-refractivity contribution >= 4 is 28.8 Å². The lowest BCUT2D eigenvalue weighted by Gasteiger charge is -2.09. The Hall–Kier alpha value is -3.02. The summed E-state index contributed by atoms with van der Waals surface area (Å²) in [7, 11) is 0. The van der Waals surface area contributed by atoms with Crippen LogP contribution in [0.4, 0.5) is 17.1 Å². The van der Waals surface area contributed by atoms with Gasteiger partial charge in [0.2, 0.25) is 6.04 Å². The average molecular weight is 310 g/mol. The van der Waals surface area contributed by atoms with Gasteiger partial charge in [-0.25, -0.2) is 0 Å². The number of carbonyl (C=O) groups excluding carboxylic acids is 2. The number of anilines is 2. The first-order valence-corrected chi connectivity index (χ1v) is 7.10. The molecule has 1 amide bonds. The topological polar surface area (TPSA) is 96.9 Å². The number of nitrogen functional groups attached to an aromatic ring is 1. The molecule has 0 heterocycles. The minimum absolute atomic E-state index is 0.395. The molecule has 0 aliphatic rings. The highest BCUT2D eigenvalue weighted by molar-refractivity contribution is 6.10. The second-order valence-electron chi connectivity index (χ2n) is 5.15. The third-order valence-electron chi connectivity index (χ3n) is 3.14. The molecule has 0 aromatic heterocycles. The van der Waals surface area contributed by atoms with E-state index in [-0.39, 0.29) is 0 Å². The number of hydrogen-bond donors (Lipinski definition) is 2. The number of aryl methyl sites for hydroxylation is 1. The third kappa shape index (κ3) is 4.47. The molecular weight excluding hydrogens is 292 g/mol. The first kappa shape index (κ1) is 16.4. The number of rotatable bonds is 5. The smallest absolute Gasteiger partial charge is 0.258 e. The van der Waals surface area contributed by atoms with Crippen LogP contribution in [-0.4, -0.2) is 17.7 Å². The fourth-order valence-corrected chi connectivity index (χ4v) is 1.94. The van der Waals surface area contributed by atoms with Crippen molar-refractivity contribution in [2.75, 3.05) is 11.1 Å². The third-order valence-corrected chi connectivity index (χ3v) is 3.14. The monoisotopic (exact) mass is 310 g/mol. The maximum Gasteiger partial charge on any atom is 0.258 e. The van der Waals surface area contributed by atoms with Crippen LogP contribution in [0.3, 0.4) is 0 Å². The van der Waals surface area contributed by atoms with Crippen molar-refractivity contribution in [2.45, 2.75) is 19.9 Å². The van der Waals surface area contributed by atoms with Gasteiger partial charge in [-0.2, -0.15) is 10.2 Å². The van der Waals surface area contributed by atoms with Crippen LogP contribution in [0.25, 0.3) is 0 Å². The van der Waals surface area contributed by atoms with E-state index in [0.29, 0.717) is 17.1 Å². The van der Waals surface area contributed by atoms with E-state index in [0.717, 1.165) is 5.56 Å². The number of nitrogens with zero attached hydrogens (tertiary/aromatic N) is 2. The molecule has 0 bridgehead atoms. The summed E-state index contributed by atoms with van der Waals surface area (Å²) in [6.45, 7) is 3.20. The van der Waals surface area contributed by atoms with Crippen molar-refractivity contribution < 1.29 is 9.59 Å². The van der Waals surface area contributed by atoms with E-state index in [4.69, 9.17) is 5.73 Å². The predicted molar refractivity (Wildman–Crippen MR) is 89.6 cm³/mol. The minimum atomic E-state index is -1.21. The second-order valence-corrected chi connectivity index (χ2v) is 5.15. The molecule has 0 aliphatic heterocycles. The molecule has 0 spiro atoms. The summed E-state index contributed by atoms with van der Waals surface area (Å²) in [5.74, 6) is -0.925. The molecule has 3 N–H and O–H groups in total. The van der Waals surface area contributed by atoms with Gasteiger partial charge >= 0.3 is 0 Å². The minimum Gasteiger partial charge on any atom is -0.397 e. The zero-order valence-corrected chi connectivity index (χ0v) is 13.0. The van der Waals surface area contributed by atoms with Gasteiger partial charge in [0.25, 0.3) is 5.91 Å². The molecule has 0 aliphatic carbocycles. The largest absolute Gasteiger partial charge is 0.397 e. The molecule has 2 aromatic carbocycles.